The average Bonchev–Trinajstić information content (AvgIpc) is 3.17. The molecule has 0 saturated carbocycles. The number of imidazole rings is 1. The van der Waals surface area contributed by atoms with Gasteiger partial charge in [0.15, 0.2) is 0 Å². The number of aromatic nitrogens is 3. The topological polar surface area (TPSA) is 59.8 Å². The summed E-state index contributed by atoms with van der Waals surface area (Å²) < 4.78 is 1.85. The fraction of sp³-hybridized carbons (Fsp3) is 0.133. The molecule has 23 heavy (non-hydrogen) atoms. The van der Waals surface area contributed by atoms with Gasteiger partial charge in [-0.15, -0.1) is 11.3 Å². The summed E-state index contributed by atoms with van der Waals surface area (Å²) in [6, 6.07) is 5.27. The van der Waals surface area contributed by atoms with Crippen molar-refractivity contribution in [2.75, 3.05) is 0 Å². The van der Waals surface area contributed by atoms with E-state index >= 15 is 0 Å². The molecule has 1 aromatic carbocycles. The fourth-order valence-electron chi connectivity index (χ4n) is 1.96. The molecule has 2 heterocycles. The summed E-state index contributed by atoms with van der Waals surface area (Å²) in [5.74, 6) is 0.536. The molecule has 5 nitrogen and oxygen atoms in total. The maximum absolute atomic E-state index is 12.2. The lowest BCUT2D eigenvalue weighted by Crippen LogP contribution is -2.24. The number of amides is 1. The van der Waals surface area contributed by atoms with Crippen molar-refractivity contribution in [1.29, 1.82) is 0 Å². The van der Waals surface area contributed by atoms with Gasteiger partial charge in [0.1, 0.15) is 16.5 Å². The molecule has 0 fully saturated rings. The van der Waals surface area contributed by atoms with Crippen molar-refractivity contribution >= 4 is 40.4 Å². The van der Waals surface area contributed by atoms with E-state index in [1.54, 1.807) is 23.7 Å². The van der Waals surface area contributed by atoms with Crippen LogP contribution in [-0.4, -0.2) is 20.4 Å². The molecule has 0 saturated heterocycles. The van der Waals surface area contributed by atoms with Crippen LogP contribution in [0.2, 0.25) is 10.0 Å². The van der Waals surface area contributed by atoms with Crippen LogP contribution >= 0.6 is 34.5 Å². The third kappa shape index (κ3) is 3.55. The van der Waals surface area contributed by atoms with Gasteiger partial charge in [-0.3, -0.25) is 4.79 Å². The van der Waals surface area contributed by atoms with Crippen LogP contribution in [0.4, 0.5) is 0 Å². The Morgan fingerprint density at radius 2 is 2.17 bits per heavy atom. The molecule has 0 aliphatic carbocycles. The van der Waals surface area contributed by atoms with E-state index in [1.807, 2.05) is 23.9 Å². The predicted octanol–water partition coefficient (Wildman–Crippen LogP) is 3.78. The van der Waals surface area contributed by atoms with Crippen LogP contribution in [-0.2, 0) is 13.6 Å². The summed E-state index contributed by atoms with van der Waals surface area (Å²) in [6.07, 6.45) is 3.51. The largest absolute Gasteiger partial charge is 0.343 e. The van der Waals surface area contributed by atoms with E-state index in [1.165, 1.54) is 11.3 Å². The third-order valence-electron chi connectivity index (χ3n) is 3.23. The van der Waals surface area contributed by atoms with Gasteiger partial charge in [0.25, 0.3) is 5.91 Å². The number of nitrogens with zero attached hydrogens (tertiary/aromatic N) is 3. The van der Waals surface area contributed by atoms with E-state index in [2.05, 4.69) is 15.3 Å². The maximum atomic E-state index is 12.2. The molecular formula is C15H12Cl2N4OS. The molecule has 118 valence electrons. The van der Waals surface area contributed by atoms with Crippen molar-refractivity contribution in [3.63, 3.8) is 0 Å². The normalized spacial score (nSPS) is 10.7. The van der Waals surface area contributed by atoms with Gasteiger partial charge in [-0.25, -0.2) is 9.97 Å². The average molecular weight is 367 g/mol. The predicted molar refractivity (Wildman–Crippen MR) is 91.9 cm³/mol. The van der Waals surface area contributed by atoms with E-state index in [0.29, 0.717) is 27.3 Å². The summed E-state index contributed by atoms with van der Waals surface area (Å²) in [5, 5.41) is 6.17. The van der Waals surface area contributed by atoms with Crippen LogP contribution in [0.5, 0.6) is 0 Å². The monoisotopic (exact) mass is 366 g/mol. The molecule has 0 aliphatic heterocycles. The van der Waals surface area contributed by atoms with Crippen molar-refractivity contribution in [1.82, 2.24) is 19.9 Å². The zero-order valence-corrected chi connectivity index (χ0v) is 14.4. The SMILES string of the molecule is Cn1ccnc1CNC(=O)c1csc(-c2ccc(Cl)c(Cl)c2)n1. The minimum Gasteiger partial charge on any atom is -0.343 e. The smallest absolute Gasteiger partial charge is 0.271 e. The minimum atomic E-state index is -0.240. The van der Waals surface area contributed by atoms with Gasteiger partial charge < -0.3 is 9.88 Å². The highest BCUT2D eigenvalue weighted by Gasteiger charge is 2.13. The highest BCUT2D eigenvalue weighted by atomic mass is 35.5. The molecular weight excluding hydrogens is 355 g/mol. The first kappa shape index (κ1) is 16.0. The Morgan fingerprint density at radius 1 is 1.35 bits per heavy atom. The third-order valence-corrected chi connectivity index (χ3v) is 4.86. The van der Waals surface area contributed by atoms with Crippen molar-refractivity contribution in [2.45, 2.75) is 6.54 Å². The van der Waals surface area contributed by atoms with Crippen LogP contribution in [0.1, 0.15) is 16.3 Å². The zero-order chi connectivity index (χ0) is 16.4. The number of hydrogen-bond acceptors (Lipinski definition) is 4. The van der Waals surface area contributed by atoms with Gasteiger partial charge in [-0.05, 0) is 12.1 Å². The molecule has 3 aromatic rings. The Hall–Kier alpha value is -1.89. The van der Waals surface area contributed by atoms with Crippen LogP contribution in [0.15, 0.2) is 36.0 Å². The van der Waals surface area contributed by atoms with E-state index in [4.69, 9.17) is 23.2 Å². The quantitative estimate of drug-likeness (QED) is 0.764. The summed E-state index contributed by atoms with van der Waals surface area (Å²) >= 11 is 13.3. The van der Waals surface area contributed by atoms with E-state index in [9.17, 15) is 4.79 Å². The first-order valence-electron chi connectivity index (χ1n) is 6.70. The van der Waals surface area contributed by atoms with Gasteiger partial charge >= 0.3 is 0 Å². The maximum Gasteiger partial charge on any atom is 0.271 e. The molecule has 0 bridgehead atoms. The van der Waals surface area contributed by atoms with Gasteiger partial charge in [-0.2, -0.15) is 0 Å². The van der Waals surface area contributed by atoms with Gasteiger partial charge in [0, 0.05) is 30.4 Å². The van der Waals surface area contributed by atoms with Crippen molar-refractivity contribution in [2.24, 2.45) is 7.05 Å². The molecule has 0 aliphatic rings. The lowest BCUT2D eigenvalue weighted by Gasteiger charge is -2.03. The summed E-state index contributed by atoms with van der Waals surface area (Å²) in [5.41, 5.74) is 1.19. The van der Waals surface area contributed by atoms with Crippen molar-refractivity contribution < 1.29 is 4.79 Å². The van der Waals surface area contributed by atoms with Crippen LogP contribution in [0.25, 0.3) is 10.6 Å². The second kappa shape index (κ2) is 6.70. The molecule has 8 heteroatoms. The summed E-state index contributed by atoms with van der Waals surface area (Å²) in [6.45, 7) is 0.349. The lowest BCUT2D eigenvalue weighted by atomic mass is 10.2. The molecule has 0 radical (unpaired) electrons. The summed E-state index contributed by atoms with van der Waals surface area (Å²) in [4.78, 5) is 20.7. The van der Waals surface area contributed by atoms with Crippen molar-refractivity contribution in [3.8, 4) is 10.6 Å². The first-order chi connectivity index (χ1) is 11.0. The second-order valence-electron chi connectivity index (χ2n) is 4.80. The lowest BCUT2D eigenvalue weighted by molar-refractivity contribution is 0.0945. The highest BCUT2D eigenvalue weighted by Crippen LogP contribution is 2.30. The Kier molecular flexibility index (Phi) is 4.66. The Bertz CT molecular complexity index is 859. The van der Waals surface area contributed by atoms with E-state index in [-0.39, 0.29) is 5.91 Å². The number of benzene rings is 1. The molecule has 3 rings (SSSR count). The van der Waals surface area contributed by atoms with Crippen LogP contribution < -0.4 is 5.32 Å². The van der Waals surface area contributed by atoms with E-state index < -0.39 is 0 Å². The molecule has 1 amide bonds. The molecule has 0 spiro atoms. The first-order valence-corrected chi connectivity index (χ1v) is 8.33. The minimum absolute atomic E-state index is 0.240. The Morgan fingerprint density at radius 3 is 2.87 bits per heavy atom. The number of thiazole rings is 1. The number of carbonyl (C=O) groups is 1. The number of hydrogen-bond donors (Lipinski definition) is 1. The number of carbonyl (C=O) groups excluding carboxylic acids is 1. The van der Waals surface area contributed by atoms with Gasteiger partial charge in [0.2, 0.25) is 0 Å². The Balaban J connectivity index is 1.72. The van der Waals surface area contributed by atoms with Gasteiger partial charge in [0.05, 0.1) is 16.6 Å². The highest BCUT2D eigenvalue weighted by molar-refractivity contribution is 7.13. The number of halogens is 2. The number of aryl methyl sites for hydroxylation is 1. The van der Waals surface area contributed by atoms with E-state index in [0.717, 1.165) is 11.4 Å². The van der Waals surface area contributed by atoms with Crippen molar-refractivity contribution in [3.05, 3.63) is 57.5 Å². The van der Waals surface area contributed by atoms with Crippen LogP contribution in [0, 0.1) is 0 Å². The van der Waals surface area contributed by atoms with Gasteiger partial charge in [-0.1, -0.05) is 29.3 Å². The Labute approximate surface area is 146 Å². The molecule has 0 atom stereocenters. The fourth-order valence-corrected chi connectivity index (χ4v) is 3.05. The standard InChI is InChI=1S/C15H12Cl2N4OS/c1-21-5-4-18-13(21)7-19-14(22)12-8-23-15(20-12)9-2-3-10(16)11(17)6-9/h2-6,8H,7H2,1H3,(H,19,22). The van der Waals surface area contributed by atoms with Crippen LogP contribution in [0.3, 0.4) is 0 Å². The molecule has 2 aromatic heterocycles. The summed E-state index contributed by atoms with van der Waals surface area (Å²) in [7, 11) is 1.87. The second-order valence-corrected chi connectivity index (χ2v) is 6.48. The molecule has 1 N–H and O–H groups in total. The molecule has 0 unspecified atom stereocenters. The zero-order valence-electron chi connectivity index (χ0n) is 12.1. The number of rotatable bonds is 4. The number of nitrogens with one attached hydrogen (secondary N) is 1.